The summed E-state index contributed by atoms with van der Waals surface area (Å²) < 4.78 is 5.64. The fourth-order valence-electron chi connectivity index (χ4n) is 1.89. The van der Waals surface area contributed by atoms with Gasteiger partial charge >= 0.3 is 0 Å². The van der Waals surface area contributed by atoms with Gasteiger partial charge in [-0.25, -0.2) is 0 Å². The zero-order chi connectivity index (χ0) is 12.8. The van der Waals surface area contributed by atoms with Gasteiger partial charge in [-0.3, -0.25) is 0 Å². The van der Waals surface area contributed by atoms with Gasteiger partial charge in [0.1, 0.15) is 5.75 Å². The number of nitrogens with zero attached hydrogens (tertiary/aromatic N) is 1. The van der Waals surface area contributed by atoms with Crippen molar-refractivity contribution in [2.45, 2.75) is 32.9 Å². The van der Waals surface area contributed by atoms with Gasteiger partial charge in [0.25, 0.3) is 0 Å². The van der Waals surface area contributed by atoms with E-state index >= 15 is 0 Å². The Hall–Kier alpha value is -1.06. The molecule has 0 amide bonds. The minimum absolute atomic E-state index is 0.195. The number of hydrogen-bond acceptors (Lipinski definition) is 3. The Labute approximate surface area is 105 Å². The molecule has 3 heteroatoms. The summed E-state index contributed by atoms with van der Waals surface area (Å²) in [5.74, 6) is 0.981. The van der Waals surface area contributed by atoms with Crippen LogP contribution in [0.2, 0.25) is 0 Å². The molecule has 0 fully saturated rings. The Balaban J connectivity index is 2.92. The molecule has 17 heavy (non-hydrogen) atoms. The molecule has 0 aromatic heterocycles. The lowest BCUT2D eigenvalue weighted by molar-refractivity contribution is 0.324. The van der Waals surface area contributed by atoms with E-state index in [4.69, 9.17) is 10.5 Å². The van der Waals surface area contributed by atoms with Gasteiger partial charge < -0.3 is 15.4 Å². The zero-order valence-electron chi connectivity index (χ0n) is 11.4. The fourth-order valence-corrected chi connectivity index (χ4v) is 1.89. The second-order valence-electron chi connectivity index (χ2n) is 4.79. The van der Waals surface area contributed by atoms with Gasteiger partial charge in [0.15, 0.2) is 0 Å². The van der Waals surface area contributed by atoms with E-state index in [0.29, 0.717) is 6.61 Å². The van der Waals surface area contributed by atoms with E-state index in [1.807, 2.05) is 13.8 Å². The largest absolute Gasteiger partial charge is 0.494 e. The van der Waals surface area contributed by atoms with E-state index in [1.165, 1.54) is 11.1 Å². The Morgan fingerprint density at radius 2 is 2.06 bits per heavy atom. The van der Waals surface area contributed by atoms with Crippen molar-refractivity contribution in [1.29, 1.82) is 0 Å². The fraction of sp³-hybridized carbons (Fsp3) is 0.571. The van der Waals surface area contributed by atoms with Crippen LogP contribution in [0, 0.1) is 0 Å². The molecular formula is C14H24N2O. The third-order valence-corrected chi connectivity index (χ3v) is 2.47. The molecule has 0 saturated heterocycles. The first-order valence-corrected chi connectivity index (χ1v) is 6.17. The van der Waals surface area contributed by atoms with Crippen molar-refractivity contribution in [2.75, 3.05) is 20.7 Å². The molecule has 0 spiro atoms. The van der Waals surface area contributed by atoms with E-state index < -0.39 is 0 Å². The van der Waals surface area contributed by atoms with Crippen molar-refractivity contribution in [3.05, 3.63) is 29.3 Å². The van der Waals surface area contributed by atoms with Crippen LogP contribution < -0.4 is 10.5 Å². The summed E-state index contributed by atoms with van der Waals surface area (Å²) in [5.41, 5.74) is 8.34. The monoisotopic (exact) mass is 236 g/mol. The Bertz CT molecular complexity index is 348. The minimum atomic E-state index is 0.195. The van der Waals surface area contributed by atoms with Gasteiger partial charge in [-0.2, -0.15) is 0 Å². The third-order valence-electron chi connectivity index (χ3n) is 2.47. The molecule has 0 aliphatic rings. The molecule has 1 aromatic rings. The van der Waals surface area contributed by atoms with E-state index in [2.05, 4.69) is 37.2 Å². The Kier molecular flexibility index (Phi) is 5.45. The van der Waals surface area contributed by atoms with Gasteiger partial charge in [0.05, 0.1) is 6.61 Å². The van der Waals surface area contributed by atoms with Gasteiger partial charge in [-0.15, -0.1) is 0 Å². The van der Waals surface area contributed by atoms with Crippen LogP contribution in [0.1, 0.15) is 25.0 Å². The van der Waals surface area contributed by atoms with Gasteiger partial charge in [0.2, 0.25) is 0 Å². The summed E-state index contributed by atoms with van der Waals surface area (Å²) in [6.45, 7) is 5.63. The van der Waals surface area contributed by atoms with Gasteiger partial charge in [0, 0.05) is 18.2 Å². The normalized spacial score (nSPS) is 12.8. The first kappa shape index (κ1) is 14.0. The standard InChI is InChI=1S/C14H24N2O/c1-5-17-14-7-6-12(8-11(2)15)9-13(14)10-16(3)4/h6-7,9,11H,5,8,10,15H2,1-4H3. The molecule has 0 saturated carbocycles. The molecule has 1 aromatic carbocycles. The van der Waals surface area contributed by atoms with Crippen LogP contribution in [0.25, 0.3) is 0 Å². The second kappa shape index (κ2) is 6.62. The van der Waals surface area contributed by atoms with Crippen LogP contribution in [0.15, 0.2) is 18.2 Å². The molecule has 1 rings (SSSR count). The third kappa shape index (κ3) is 4.75. The molecular weight excluding hydrogens is 212 g/mol. The van der Waals surface area contributed by atoms with E-state index in [1.54, 1.807) is 0 Å². The maximum Gasteiger partial charge on any atom is 0.123 e. The van der Waals surface area contributed by atoms with Crippen molar-refractivity contribution in [3.63, 3.8) is 0 Å². The molecule has 3 nitrogen and oxygen atoms in total. The number of rotatable bonds is 6. The minimum Gasteiger partial charge on any atom is -0.494 e. The van der Waals surface area contributed by atoms with Crippen molar-refractivity contribution in [3.8, 4) is 5.75 Å². The molecule has 96 valence electrons. The highest BCUT2D eigenvalue weighted by atomic mass is 16.5. The summed E-state index contributed by atoms with van der Waals surface area (Å²) in [6.07, 6.45) is 0.910. The SMILES string of the molecule is CCOc1ccc(CC(C)N)cc1CN(C)C. The van der Waals surface area contributed by atoms with E-state index in [9.17, 15) is 0 Å². The maximum atomic E-state index is 5.83. The Morgan fingerprint density at radius 3 is 2.59 bits per heavy atom. The quantitative estimate of drug-likeness (QED) is 0.821. The summed E-state index contributed by atoms with van der Waals surface area (Å²) in [5, 5.41) is 0. The summed E-state index contributed by atoms with van der Waals surface area (Å²) in [6, 6.07) is 6.56. The highest BCUT2D eigenvalue weighted by Crippen LogP contribution is 2.22. The van der Waals surface area contributed by atoms with Gasteiger partial charge in [-0.1, -0.05) is 12.1 Å². The van der Waals surface area contributed by atoms with Crippen LogP contribution in [-0.4, -0.2) is 31.6 Å². The zero-order valence-corrected chi connectivity index (χ0v) is 11.4. The first-order chi connectivity index (χ1) is 8.02. The molecule has 0 aliphatic heterocycles. The van der Waals surface area contributed by atoms with Crippen LogP contribution in [0.4, 0.5) is 0 Å². The molecule has 1 unspecified atom stereocenters. The smallest absolute Gasteiger partial charge is 0.123 e. The number of nitrogens with two attached hydrogens (primary N) is 1. The average molecular weight is 236 g/mol. The highest BCUT2D eigenvalue weighted by Gasteiger charge is 2.07. The molecule has 0 radical (unpaired) electrons. The van der Waals surface area contributed by atoms with Crippen molar-refractivity contribution in [1.82, 2.24) is 4.90 Å². The molecule has 0 bridgehead atoms. The maximum absolute atomic E-state index is 5.83. The summed E-state index contributed by atoms with van der Waals surface area (Å²) >= 11 is 0. The topological polar surface area (TPSA) is 38.5 Å². The van der Waals surface area contributed by atoms with Crippen LogP contribution in [0.5, 0.6) is 5.75 Å². The summed E-state index contributed by atoms with van der Waals surface area (Å²) in [7, 11) is 4.13. The first-order valence-electron chi connectivity index (χ1n) is 6.17. The predicted octanol–water partition coefficient (Wildman–Crippen LogP) is 2.04. The number of ether oxygens (including phenoxy) is 1. The lowest BCUT2D eigenvalue weighted by Crippen LogP contribution is -2.18. The van der Waals surface area contributed by atoms with E-state index in [-0.39, 0.29) is 6.04 Å². The average Bonchev–Trinajstić information content (AvgIpc) is 2.20. The summed E-state index contributed by atoms with van der Waals surface area (Å²) in [4.78, 5) is 2.15. The van der Waals surface area contributed by atoms with Crippen LogP contribution in [-0.2, 0) is 13.0 Å². The highest BCUT2D eigenvalue weighted by molar-refractivity contribution is 5.37. The molecule has 0 aliphatic carbocycles. The molecule has 2 N–H and O–H groups in total. The van der Waals surface area contributed by atoms with Crippen molar-refractivity contribution >= 4 is 0 Å². The molecule has 0 heterocycles. The van der Waals surface area contributed by atoms with Crippen molar-refractivity contribution < 1.29 is 4.74 Å². The van der Waals surface area contributed by atoms with Crippen LogP contribution in [0.3, 0.4) is 0 Å². The second-order valence-corrected chi connectivity index (χ2v) is 4.79. The van der Waals surface area contributed by atoms with Crippen LogP contribution >= 0.6 is 0 Å². The predicted molar refractivity (Wildman–Crippen MR) is 72.4 cm³/mol. The van der Waals surface area contributed by atoms with Crippen molar-refractivity contribution in [2.24, 2.45) is 5.73 Å². The lowest BCUT2D eigenvalue weighted by Gasteiger charge is -2.16. The number of hydrogen-bond donors (Lipinski definition) is 1. The van der Waals surface area contributed by atoms with E-state index in [0.717, 1.165) is 18.7 Å². The lowest BCUT2D eigenvalue weighted by atomic mass is 10.0. The Morgan fingerprint density at radius 1 is 1.35 bits per heavy atom. The van der Waals surface area contributed by atoms with Gasteiger partial charge in [-0.05, 0) is 46.0 Å². The molecule has 1 atom stereocenters. The number of benzene rings is 1.